The first-order valence-corrected chi connectivity index (χ1v) is 7.37. The van der Waals surface area contributed by atoms with Gasteiger partial charge in [0.05, 0.1) is 23.0 Å². The van der Waals surface area contributed by atoms with Gasteiger partial charge in [0.25, 0.3) is 0 Å². The van der Waals surface area contributed by atoms with Gasteiger partial charge in [-0.05, 0) is 26.0 Å². The van der Waals surface area contributed by atoms with E-state index in [1.165, 1.54) is 18.3 Å². The molecule has 0 amide bonds. The molecule has 0 aliphatic heterocycles. The summed E-state index contributed by atoms with van der Waals surface area (Å²) in [7, 11) is 0. The van der Waals surface area contributed by atoms with Crippen LogP contribution >= 0.6 is 27.5 Å². The van der Waals surface area contributed by atoms with Crippen LogP contribution < -0.4 is 11.3 Å². The van der Waals surface area contributed by atoms with Gasteiger partial charge in [-0.3, -0.25) is 10.5 Å². The van der Waals surface area contributed by atoms with E-state index < -0.39 is 17.7 Å². The second-order valence-electron chi connectivity index (χ2n) is 4.80. The second kappa shape index (κ2) is 6.39. The van der Waals surface area contributed by atoms with Crippen molar-refractivity contribution in [2.75, 3.05) is 0 Å². The fourth-order valence-corrected chi connectivity index (χ4v) is 2.80. The number of benzene rings is 1. The van der Waals surface area contributed by atoms with Crippen molar-refractivity contribution < 1.29 is 8.78 Å². The number of hydrogen-bond donors (Lipinski definition) is 2. The molecular formula is C13H14BrClF2N4. The zero-order valence-electron chi connectivity index (χ0n) is 11.4. The Hall–Kier alpha value is -1.02. The molecule has 4 nitrogen and oxygen atoms in total. The smallest absolute Gasteiger partial charge is 0.132 e. The Labute approximate surface area is 134 Å². The first-order chi connectivity index (χ1) is 9.86. The van der Waals surface area contributed by atoms with Crippen LogP contribution in [0.15, 0.2) is 22.8 Å². The number of hydrogen-bond acceptors (Lipinski definition) is 3. The molecule has 2 aromatic rings. The third-order valence-corrected chi connectivity index (χ3v) is 3.80. The highest BCUT2D eigenvalue weighted by Crippen LogP contribution is 2.33. The summed E-state index contributed by atoms with van der Waals surface area (Å²) in [5.74, 6) is 4.07. The largest absolute Gasteiger partial charge is 0.271 e. The van der Waals surface area contributed by atoms with Crippen molar-refractivity contribution in [3.05, 3.63) is 50.7 Å². The minimum Gasteiger partial charge on any atom is -0.271 e. The predicted octanol–water partition coefficient (Wildman–Crippen LogP) is 3.71. The molecule has 1 heterocycles. The minimum atomic E-state index is -0.949. The Balaban J connectivity index is 2.64. The summed E-state index contributed by atoms with van der Waals surface area (Å²) in [5, 5.41) is 4.41. The van der Waals surface area contributed by atoms with Crippen molar-refractivity contribution in [3.8, 4) is 0 Å². The lowest BCUT2D eigenvalue weighted by Crippen LogP contribution is -2.32. The summed E-state index contributed by atoms with van der Waals surface area (Å²) >= 11 is 9.16. The summed E-state index contributed by atoms with van der Waals surface area (Å²) in [4.78, 5) is 0. The molecule has 1 aromatic heterocycles. The van der Waals surface area contributed by atoms with E-state index in [1.54, 1.807) is 4.68 Å². The molecule has 1 unspecified atom stereocenters. The molecule has 0 saturated carbocycles. The molecule has 114 valence electrons. The van der Waals surface area contributed by atoms with Crippen LogP contribution in [0.2, 0.25) is 5.02 Å². The van der Waals surface area contributed by atoms with Gasteiger partial charge in [0, 0.05) is 16.1 Å². The van der Waals surface area contributed by atoms with Crippen LogP contribution in [-0.2, 0) is 0 Å². The van der Waals surface area contributed by atoms with Gasteiger partial charge in [0.2, 0.25) is 0 Å². The Morgan fingerprint density at radius 3 is 2.38 bits per heavy atom. The van der Waals surface area contributed by atoms with Gasteiger partial charge < -0.3 is 0 Å². The van der Waals surface area contributed by atoms with Gasteiger partial charge in [-0.2, -0.15) is 5.10 Å². The Bertz CT molecular complexity index is 637. The fraction of sp³-hybridized carbons (Fsp3) is 0.308. The first-order valence-electron chi connectivity index (χ1n) is 6.20. The lowest BCUT2D eigenvalue weighted by atomic mass is 10.0. The van der Waals surface area contributed by atoms with Crippen molar-refractivity contribution in [2.24, 2.45) is 5.84 Å². The van der Waals surface area contributed by atoms with E-state index in [0.717, 1.165) is 0 Å². The standard InChI is InChI=1S/C13H14BrClF2N4/c1-6(2)21-13(8(15)5-19-21)12(20-18)11-9(16)3-7(14)4-10(11)17/h3-6,12,20H,18H2,1-2H3. The molecule has 1 atom stereocenters. The molecule has 21 heavy (non-hydrogen) atoms. The molecule has 0 aliphatic carbocycles. The number of nitrogens with two attached hydrogens (primary N) is 1. The van der Waals surface area contributed by atoms with Crippen molar-refractivity contribution in [1.29, 1.82) is 0 Å². The van der Waals surface area contributed by atoms with E-state index in [4.69, 9.17) is 17.4 Å². The van der Waals surface area contributed by atoms with E-state index in [1.807, 2.05) is 13.8 Å². The fourth-order valence-electron chi connectivity index (χ4n) is 2.16. The van der Waals surface area contributed by atoms with Crippen LogP contribution in [0.25, 0.3) is 0 Å². The van der Waals surface area contributed by atoms with Gasteiger partial charge in [0.15, 0.2) is 0 Å². The quantitative estimate of drug-likeness (QED) is 0.629. The highest BCUT2D eigenvalue weighted by Gasteiger charge is 2.28. The Morgan fingerprint density at radius 2 is 1.90 bits per heavy atom. The number of halogens is 4. The second-order valence-corrected chi connectivity index (χ2v) is 6.12. The maximum absolute atomic E-state index is 14.2. The van der Waals surface area contributed by atoms with Crippen LogP contribution in [-0.4, -0.2) is 9.78 Å². The summed E-state index contributed by atoms with van der Waals surface area (Å²) in [6.07, 6.45) is 1.43. The first kappa shape index (κ1) is 16.4. The average molecular weight is 380 g/mol. The third kappa shape index (κ3) is 3.11. The van der Waals surface area contributed by atoms with E-state index in [9.17, 15) is 8.78 Å². The van der Waals surface area contributed by atoms with Crippen molar-refractivity contribution in [2.45, 2.75) is 25.9 Å². The van der Waals surface area contributed by atoms with Crippen LogP contribution in [0.3, 0.4) is 0 Å². The van der Waals surface area contributed by atoms with Gasteiger partial charge in [-0.15, -0.1) is 0 Å². The molecule has 1 aromatic carbocycles. The molecule has 3 N–H and O–H groups in total. The van der Waals surface area contributed by atoms with E-state index in [2.05, 4.69) is 26.5 Å². The SMILES string of the molecule is CC(C)n1ncc(Cl)c1C(NN)c1c(F)cc(Br)cc1F. The molecule has 0 aliphatic rings. The molecule has 0 fully saturated rings. The highest BCUT2D eigenvalue weighted by molar-refractivity contribution is 9.10. The van der Waals surface area contributed by atoms with Crippen LogP contribution in [0, 0.1) is 11.6 Å². The molecule has 0 bridgehead atoms. The molecule has 2 rings (SSSR count). The zero-order chi connectivity index (χ0) is 15.7. The minimum absolute atomic E-state index is 0.0371. The van der Waals surface area contributed by atoms with Crippen molar-refractivity contribution in [1.82, 2.24) is 15.2 Å². The Kier molecular flexibility index (Phi) is 4.98. The predicted molar refractivity (Wildman–Crippen MR) is 80.8 cm³/mol. The summed E-state index contributed by atoms with van der Waals surface area (Å²) < 4.78 is 30.2. The van der Waals surface area contributed by atoms with Gasteiger partial charge >= 0.3 is 0 Å². The summed E-state index contributed by atoms with van der Waals surface area (Å²) in [6, 6.07) is 1.36. The maximum Gasteiger partial charge on any atom is 0.132 e. The normalized spacial score (nSPS) is 13.0. The topological polar surface area (TPSA) is 55.9 Å². The number of aromatic nitrogens is 2. The summed E-state index contributed by atoms with van der Waals surface area (Å²) in [5.41, 5.74) is 2.63. The molecule has 8 heteroatoms. The summed E-state index contributed by atoms with van der Waals surface area (Å²) in [6.45, 7) is 3.77. The number of hydrazine groups is 1. The van der Waals surface area contributed by atoms with Crippen LogP contribution in [0.1, 0.15) is 37.2 Å². The van der Waals surface area contributed by atoms with Crippen LogP contribution in [0.5, 0.6) is 0 Å². The third-order valence-electron chi connectivity index (χ3n) is 3.05. The van der Waals surface area contributed by atoms with Gasteiger partial charge in [-0.25, -0.2) is 14.2 Å². The highest BCUT2D eigenvalue weighted by atomic mass is 79.9. The Morgan fingerprint density at radius 1 is 1.33 bits per heavy atom. The molecule has 0 saturated heterocycles. The van der Waals surface area contributed by atoms with Crippen molar-refractivity contribution >= 4 is 27.5 Å². The van der Waals surface area contributed by atoms with Crippen molar-refractivity contribution in [3.63, 3.8) is 0 Å². The molecule has 0 spiro atoms. The monoisotopic (exact) mass is 378 g/mol. The molecule has 0 radical (unpaired) electrons. The average Bonchev–Trinajstić information content (AvgIpc) is 2.75. The number of nitrogens with zero attached hydrogens (tertiary/aromatic N) is 2. The van der Waals surface area contributed by atoms with E-state index >= 15 is 0 Å². The van der Waals surface area contributed by atoms with Gasteiger partial charge in [0.1, 0.15) is 11.6 Å². The van der Waals surface area contributed by atoms with Gasteiger partial charge in [-0.1, -0.05) is 27.5 Å². The zero-order valence-corrected chi connectivity index (χ0v) is 13.7. The maximum atomic E-state index is 14.2. The van der Waals surface area contributed by atoms with Crippen LogP contribution in [0.4, 0.5) is 8.78 Å². The number of rotatable bonds is 4. The lowest BCUT2D eigenvalue weighted by molar-refractivity contribution is 0.452. The number of nitrogens with one attached hydrogen (secondary N) is 1. The van der Waals surface area contributed by atoms with E-state index in [0.29, 0.717) is 10.2 Å². The molecular weight excluding hydrogens is 366 g/mol. The van der Waals surface area contributed by atoms with E-state index in [-0.39, 0.29) is 16.6 Å². The lowest BCUT2D eigenvalue weighted by Gasteiger charge is -2.21.